The van der Waals surface area contributed by atoms with Crippen molar-refractivity contribution in [3.8, 4) is 0 Å². The van der Waals surface area contributed by atoms with Gasteiger partial charge in [-0.3, -0.25) is 5.32 Å². The standard InChI is InChI=1S/C12H16N2OS/c1-9-8-13-12(16-2)14(11(9)15)10-6-4-3-5-7-10/h3-7,9,11,15H,8H2,1-2H3/p+1/t9-,11-/m0/s1. The van der Waals surface area contributed by atoms with Gasteiger partial charge < -0.3 is 5.11 Å². The number of aliphatic hydroxyl groups is 1. The van der Waals surface area contributed by atoms with E-state index in [-0.39, 0.29) is 5.92 Å². The van der Waals surface area contributed by atoms with E-state index in [0.29, 0.717) is 0 Å². The molecule has 4 heteroatoms. The third-order valence-corrected chi connectivity index (χ3v) is 3.52. The second kappa shape index (κ2) is 4.89. The van der Waals surface area contributed by atoms with Crippen molar-refractivity contribution in [3.05, 3.63) is 30.3 Å². The Labute approximate surface area is 100 Å². The highest BCUT2D eigenvalue weighted by molar-refractivity contribution is 8.13. The molecule has 2 atom stereocenters. The van der Waals surface area contributed by atoms with E-state index in [2.05, 4.69) is 5.32 Å². The van der Waals surface area contributed by atoms with Gasteiger partial charge >= 0.3 is 5.17 Å². The molecule has 1 heterocycles. The van der Waals surface area contributed by atoms with Crippen LogP contribution < -0.4 is 5.32 Å². The maximum Gasteiger partial charge on any atom is 0.313 e. The number of nitrogens with zero attached hydrogens (tertiary/aromatic N) is 1. The van der Waals surface area contributed by atoms with Crippen molar-refractivity contribution in [2.75, 3.05) is 12.8 Å². The molecule has 0 saturated carbocycles. The zero-order valence-electron chi connectivity index (χ0n) is 9.55. The van der Waals surface area contributed by atoms with Gasteiger partial charge in [-0.2, -0.15) is 4.58 Å². The average molecular weight is 237 g/mol. The largest absolute Gasteiger partial charge is 0.355 e. The first-order chi connectivity index (χ1) is 7.74. The highest BCUT2D eigenvalue weighted by atomic mass is 32.2. The van der Waals surface area contributed by atoms with Crippen molar-refractivity contribution in [1.82, 2.24) is 5.32 Å². The monoisotopic (exact) mass is 237 g/mol. The summed E-state index contributed by atoms with van der Waals surface area (Å²) in [6.07, 6.45) is 1.56. The number of benzene rings is 1. The van der Waals surface area contributed by atoms with Crippen LogP contribution in [0.5, 0.6) is 0 Å². The summed E-state index contributed by atoms with van der Waals surface area (Å²) in [6.45, 7) is 2.87. The Morgan fingerprint density at radius 2 is 2.06 bits per heavy atom. The Morgan fingerprint density at radius 1 is 1.38 bits per heavy atom. The molecule has 1 aromatic carbocycles. The summed E-state index contributed by atoms with van der Waals surface area (Å²) in [5.41, 5.74) is 1.03. The maximum absolute atomic E-state index is 10.2. The lowest BCUT2D eigenvalue weighted by Crippen LogP contribution is -2.47. The molecule has 0 radical (unpaired) electrons. The zero-order valence-corrected chi connectivity index (χ0v) is 10.4. The number of thioether (sulfide) groups is 1. The summed E-state index contributed by atoms with van der Waals surface area (Å²) in [4.78, 5) is 0. The van der Waals surface area contributed by atoms with E-state index in [1.54, 1.807) is 11.8 Å². The molecule has 1 aliphatic rings. The minimum atomic E-state index is -0.453. The van der Waals surface area contributed by atoms with Gasteiger partial charge in [0.05, 0.1) is 12.5 Å². The van der Waals surface area contributed by atoms with Gasteiger partial charge in [0, 0.05) is 0 Å². The van der Waals surface area contributed by atoms with Crippen LogP contribution in [0.4, 0.5) is 5.69 Å². The Kier molecular flexibility index (Phi) is 3.51. The fourth-order valence-electron chi connectivity index (χ4n) is 1.84. The summed E-state index contributed by atoms with van der Waals surface area (Å²) in [5, 5.41) is 14.6. The van der Waals surface area contributed by atoms with Gasteiger partial charge in [-0.05, 0) is 30.2 Å². The molecule has 0 unspecified atom stereocenters. The SMILES string of the molecule is CSC1=[N+](c2ccccc2)[C@@H](O)[C@@H](C)CN1. The molecule has 86 valence electrons. The third-order valence-electron chi connectivity index (χ3n) is 2.80. The molecule has 1 aromatic rings. The smallest absolute Gasteiger partial charge is 0.313 e. The van der Waals surface area contributed by atoms with Crippen LogP contribution in [-0.2, 0) is 0 Å². The fourth-order valence-corrected chi connectivity index (χ4v) is 2.48. The molecule has 0 amide bonds. The zero-order chi connectivity index (χ0) is 11.5. The predicted molar refractivity (Wildman–Crippen MR) is 68.1 cm³/mol. The Bertz CT molecular complexity index is 391. The second-order valence-electron chi connectivity index (χ2n) is 3.99. The van der Waals surface area contributed by atoms with Crippen LogP contribution in [0, 0.1) is 5.92 Å². The molecule has 3 nitrogen and oxygen atoms in total. The lowest BCUT2D eigenvalue weighted by molar-refractivity contribution is -0.551. The van der Waals surface area contributed by atoms with Crippen molar-refractivity contribution in [2.24, 2.45) is 5.92 Å². The van der Waals surface area contributed by atoms with E-state index < -0.39 is 6.23 Å². The molecule has 1 aliphatic heterocycles. The first kappa shape index (κ1) is 11.5. The maximum atomic E-state index is 10.2. The van der Waals surface area contributed by atoms with Gasteiger partial charge in [-0.1, -0.05) is 25.1 Å². The number of amidine groups is 1. The summed E-state index contributed by atoms with van der Waals surface area (Å²) < 4.78 is 1.96. The molecule has 16 heavy (non-hydrogen) atoms. The van der Waals surface area contributed by atoms with Crippen molar-refractivity contribution >= 4 is 22.6 Å². The number of aliphatic hydroxyl groups excluding tert-OH is 1. The molecular weight excluding hydrogens is 220 g/mol. The third kappa shape index (κ3) is 2.08. The first-order valence-corrected chi connectivity index (χ1v) is 6.63. The molecule has 0 spiro atoms. The molecule has 0 aliphatic carbocycles. The van der Waals surface area contributed by atoms with Crippen LogP contribution in [0.2, 0.25) is 0 Å². The van der Waals surface area contributed by atoms with Gasteiger partial charge in [0.15, 0.2) is 0 Å². The highest BCUT2D eigenvalue weighted by Crippen LogP contribution is 2.21. The van der Waals surface area contributed by atoms with E-state index in [1.807, 2.05) is 48.1 Å². The average Bonchev–Trinajstić information content (AvgIpc) is 2.33. The van der Waals surface area contributed by atoms with Crippen LogP contribution in [-0.4, -0.2) is 33.9 Å². The van der Waals surface area contributed by atoms with E-state index >= 15 is 0 Å². The van der Waals surface area contributed by atoms with Crippen molar-refractivity contribution in [3.63, 3.8) is 0 Å². The van der Waals surface area contributed by atoms with Crippen molar-refractivity contribution in [1.29, 1.82) is 0 Å². The Morgan fingerprint density at radius 3 is 2.69 bits per heavy atom. The molecule has 0 bridgehead atoms. The summed E-state index contributed by atoms with van der Waals surface area (Å²) in [5.74, 6) is 0.219. The van der Waals surface area contributed by atoms with Gasteiger partial charge in [-0.25, -0.2) is 0 Å². The highest BCUT2D eigenvalue weighted by Gasteiger charge is 2.32. The minimum absolute atomic E-state index is 0.219. The topological polar surface area (TPSA) is 35.3 Å². The summed E-state index contributed by atoms with van der Waals surface area (Å²) >= 11 is 1.63. The van der Waals surface area contributed by atoms with Crippen LogP contribution >= 0.6 is 11.8 Å². The van der Waals surface area contributed by atoms with E-state index in [9.17, 15) is 5.11 Å². The number of hydrogen-bond acceptors (Lipinski definition) is 3. The number of para-hydroxylation sites is 1. The van der Waals surface area contributed by atoms with Crippen LogP contribution in [0.25, 0.3) is 0 Å². The summed E-state index contributed by atoms with van der Waals surface area (Å²) in [7, 11) is 0. The number of rotatable bonds is 1. The Hall–Kier alpha value is -1.00. The van der Waals surface area contributed by atoms with Gasteiger partial charge in [0.25, 0.3) is 0 Å². The fraction of sp³-hybridized carbons (Fsp3) is 0.417. The van der Waals surface area contributed by atoms with Gasteiger partial charge in [0.2, 0.25) is 6.23 Å². The van der Waals surface area contributed by atoms with Gasteiger partial charge in [-0.15, -0.1) is 0 Å². The van der Waals surface area contributed by atoms with E-state index in [1.165, 1.54) is 0 Å². The Balaban J connectivity index is 2.45. The first-order valence-electron chi connectivity index (χ1n) is 5.41. The van der Waals surface area contributed by atoms with Crippen molar-refractivity contribution in [2.45, 2.75) is 13.2 Å². The second-order valence-corrected chi connectivity index (χ2v) is 4.78. The van der Waals surface area contributed by atoms with Gasteiger partial charge in [0.1, 0.15) is 5.69 Å². The molecule has 0 fully saturated rings. The van der Waals surface area contributed by atoms with Crippen LogP contribution in [0.3, 0.4) is 0 Å². The molecule has 2 rings (SSSR count). The lowest BCUT2D eigenvalue weighted by atomic mass is 10.1. The van der Waals surface area contributed by atoms with Crippen LogP contribution in [0.1, 0.15) is 6.92 Å². The predicted octanol–water partition coefficient (Wildman–Crippen LogP) is 1.61. The normalized spacial score (nSPS) is 25.4. The molecule has 0 aromatic heterocycles. The van der Waals surface area contributed by atoms with Crippen LogP contribution in [0.15, 0.2) is 30.3 Å². The number of hydrogen-bond donors (Lipinski definition) is 2. The van der Waals surface area contributed by atoms with E-state index in [0.717, 1.165) is 17.4 Å². The lowest BCUT2D eigenvalue weighted by Gasteiger charge is -2.26. The van der Waals surface area contributed by atoms with Crippen molar-refractivity contribution < 1.29 is 9.68 Å². The minimum Gasteiger partial charge on any atom is -0.355 e. The quantitative estimate of drug-likeness (QED) is 0.728. The molecular formula is C12H17N2OS+. The van der Waals surface area contributed by atoms with E-state index in [4.69, 9.17) is 0 Å². The summed E-state index contributed by atoms with van der Waals surface area (Å²) in [6, 6.07) is 9.98. The molecule has 2 N–H and O–H groups in total. The number of nitrogens with one attached hydrogen (secondary N) is 1. The molecule has 0 saturated heterocycles.